The van der Waals surface area contributed by atoms with Crippen molar-refractivity contribution >= 4 is 17.4 Å². The summed E-state index contributed by atoms with van der Waals surface area (Å²) in [7, 11) is 0. The molecule has 0 spiro atoms. The molecule has 21 heavy (non-hydrogen) atoms. The Morgan fingerprint density at radius 1 is 1.33 bits per heavy atom. The predicted molar refractivity (Wildman–Crippen MR) is 89.5 cm³/mol. The molecule has 1 rings (SSSR count). The normalized spacial score (nSPS) is 12.3. The molecule has 1 unspecified atom stereocenters. The lowest BCUT2D eigenvalue weighted by atomic mass is 9.91. The van der Waals surface area contributed by atoms with Crippen molar-refractivity contribution in [1.82, 2.24) is 0 Å². The molecular weight excluding hydrogens is 284 g/mol. The highest BCUT2D eigenvalue weighted by Gasteiger charge is 2.17. The average molecular weight is 311 g/mol. The zero-order valence-electron chi connectivity index (χ0n) is 13.9. The Hall–Kier alpha value is -1.02. The van der Waals surface area contributed by atoms with E-state index in [1.165, 1.54) is 0 Å². The molecule has 0 radical (unpaired) electrons. The zero-order chi connectivity index (χ0) is 16.0. The SMILES string of the molecule is CCCC(=O)CC(C)Cc1c(C)c(Cl)cc(C)c1OCC. The fourth-order valence-corrected chi connectivity index (χ4v) is 2.98. The second kappa shape index (κ2) is 8.43. The van der Waals surface area contributed by atoms with E-state index < -0.39 is 0 Å². The van der Waals surface area contributed by atoms with Gasteiger partial charge in [0, 0.05) is 17.9 Å². The summed E-state index contributed by atoms with van der Waals surface area (Å²) in [4.78, 5) is 11.8. The second-order valence-corrected chi connectivity index (χ2v) is 6.25. The van der Waals surface area contributed by atoms with Crippen molar-refractivity contribution < 1.29 is 9.53 Å². The van der Waals surface area contributed by atoms with Crippen LogP contribution in [0.2, 0.25) is 5.02 Å². The van der Waals surface area contributed by atoms with Crippen LogP contribution >= 0.6 is 11.6 Å². The number of halogens is 1. The van der Waals surface area contributed by atoms with Gasteiger partial charge in [-0.15, -0.1) is 0 Å². The van der Waals surface area contributed by atoms with Gasteiger partial charge < -0.3 is 4.74 Å². The van der Waals surface area contributed by atoms with Crippen LogP contribution in [0.15, 0.2) is 6.07 Å². The van der Waals surface area contributed by atoms with Crippen molar-refractivity contribution in [3.63, 3.8) is 0 Å². The molecule has 3 heteroatoms. The molecule has 0 aliphatic rings. The molecular formula is C18H27ClO2. The minimum atomic E-state index is 0.305. The molecule has 0 bridgehead atoms. The van der Waals surface area contributed by atoms with Gasteiger partial charge in [0.1, 0.15) is 11.5 Å². The van der Waals surface area contributed by atoms with Gasteiger partial charge in [0.25, 0.3) is 0 Å². The first-order chi connectivity index (χ1) is 9.90. The smallest absolute Gasteiger partial charge is 0.133 e. The van der Waals surface area contributed by atoms with Gasteiger partial charge >= 0.3 is 0 Å². The molecule has 0 saturated carbocycles. The van der Waals surface area contributed by atoms with E-state index in [-0.39, 0.29) is 0 Å². The van der Waals surface area contributed by atoms with E-state index in [2.05, 4.69) is 6.92 Å². The summed E-state index contributed by atoms with van der Waals surface area (Å²) in [6.07, 6.45) is 3.06. The van der Waals surface area contributed by atoms with Crippen LogP contribution in [0.5, 0.6) is 5.75 Å². The Labute approximate surface area is 133 Å². The molecule has 0 aliphatic carbocycles. The van der Waals surface area contributed by atoms with Crippen LogP contribution in [-0.4, -0.2) is 12.4 Å². The molecule has 1 atom stereocenters. The lowest BCUT2D eigenvalue weighted by Gasteiger charge is -2.19. The molecule has 0 aliphatic heterocycles. The fourth-order valence-electron chi connectivity index (χ4n) is 2.70. The van der Waals surface area contributed by atoms with Crippen LogP contribution in [0.4, 0.5) is 0 Å². The number of benzene rings is 1. The molecule has 118 valence electrons. The fraction of sp³-hybridized carbons (Fsp3) is 0.611. The Balaban J connectivity index is 2.97. The number of aryl methyl sites for hydroxylation is 1. The predicted octanol–water partition coefficient (Wildman–Crippen LogP) is 5.29. The van der Waals surface area contributed by atoms with Gasteiger partial charge in [0.2, 0.25) is 0 Å². The summed E-state index contributed by atoms with van der Waals surface area (Å²) in [6.45, 7) is 10.8. The maximum Gasteiger partial charge on any atom is 0.133 e. The summed E-state index contributed by atoms with van der Waals surface area (Å²) in [5.74, 6) is 1.59. The van der Waals surface area contributed by atoms with E-state index in [1.54, 1.807) is 0 Å². The summed E-state index contributed by atoms with van der Waals surface area (Å²) >= 11 is 6.31. The van der Waals surface area contributed by atoms with Gasteiger partial charge in [-0.05, 0) is 62.3 Å². The molecule has 0 heterocycles. The first-order valence-electron chi connectivity index (χ1n) is 7.83. The molecule has 2 nitrogen and oxygen atoms in total. The average Bonchev–Trinajstić information content (AvgIpc) is 2.40. The minimum Gasteiger partial charge on any atom is -0.493 e. The van der Waals surface area contributed by atoms with Crippen LogP contribution in [0, 0.1) is 19.8 Å². The third-order valence-corrected chi connectivity index (χ3v) is 4.13. The Kier molecular flexibility index (Phi) is 7.24. The van der Waals surface area contributed by atoms with E-state index in [9.17, 15) is 4.79 Å². The number of rotatable bonds is 8. The van der Waals surface area contributed by atoms with E-state index >= 15 is 0 Å². The van der Waals surface area contributed by atoms with E-state index in [1.807, 2.05) is 33.8 Å². The molecule has 0 N–H and O–H groups in total. The van der Waals surface area contributed by atoms with Crippen LogP contribution in [0.1, 0.15) is 56.7 Å². The van der Waals surface area contributed by atoms with Gasteiger partial charge in [0.15, 0.2) is 0 Å². The van der Waals surface area contributed by atoms with Gasteiger partial charge in [-0.25, -0.2) is 0 Å². The van der Waals surface area contributed by atoms with Crippen LogP contribution in [-0.2, 0) is 11.2 Å². The molecule has 0 amide bonds. The second-order valence-electron chi connectivity index (χ2n) is 5.84. The topological polar surface area (TPSA) is 26.3 Å². The van der Waals surface area contributed by atoms with Crippen LogP contribution in [0.25, 0.3) is 0 Å². The largest absolute Gasteiger partial charge is 0.493 e. The third kappa shape index (κ3) is 5.03. The zero-order valence-corrected chi connectivity index (χ0v) is 14.6. The van der Waals surface area contributed by atoms with Gasteiger partial charge in [-0.3, -0.25) is 4.79 Å². The highest BCUT2D eigenvalue weighted by Crippen LogP contribution is 2.34. The highest BCUT2D eigenvalue weighted by atomic mass is 35.5. The first kappa shape index (κ1) is 18.0. The van der Waals surface area contributed by atoms with Crippen molar-refractivity contribution in [3.05, 3.63) is 27.8 Å². The van der Waals surface area contributed by atoms with Gasteiger partial charge in [-0.1, -0.05) is 25.4 Å². The third-order valence-electron chi connectivity index (χ3n) is 3.73. The number of hydrogen-bond donors (Lipinski definition) is 0. The van der Waals surface area contributed by atoms with Crippen molar-refractivity contribution in [2.75, 3.05) is 6.61 Å². The van der Waals surface area contributed by atoms with E-state index in [0.717, 1.165) is 40.3 Å². The Bertz CT molecular complexity index is 494. The van der Waals surface area contributed by atoms with E-state index in [4.69, 9.17) is 16.3 Å². The number of Topliss-reactive ketones (excluding diaryl/α,β-unsaturated/α-hetero) is 1. The highest BCUT2D eigenvalue weighted by molar-refractivity contribution is 6.31. The lowest BCUT2D eigenvalue weighted by molar-refractivity contribution is -0.119. The minimum absolute atomic E-state index is 0.305. The number of carbonyl (C=O) groups excluding carboxylic acids is 1. The van der Waals surface area contributed by atoms with Crippen LogP contribution in [0.3, 0.4) is 0 Å². The summed E-state index contributed by atoms with van der Waals surface area (Å²) in [5, 5.41) is 0.776. The number of hydrogen-bond acceptors (Lipinski definition) is 2. The van der Waals surface area contributed by atoms with Gasteiger partial charge in [-0.2, -0.15) is 0 Å². The number of ketones is 1. The summed E-state index contributed by atoms with van der Waals surface area (Å²) in [6, 6.07) is 1.96. The lowest BCUT2D eigenvalue weighted by Crippen LogP contribution is -2.11. The summed E-state index contributed by atoms with van der Waals surface area (Å²) < 4.78 is 5.81. The first-order valence-corrected chi connectivity index (χ1v) is 8.21. The number of ether oxygens (including phenoxy) is 1. The Morgan fingerprint density at radius 2 is 2.00 bits per heavy atom. The molecule has 1 aromatic rings. The maximum atomic E-state index is 11.8. The standard InChI is InChI=1S/C18H27ClO2/c1-6-8-15(20)9-12(3)10-16-14(5)17(19)11-13(4)18(16)21-7-2/h11-12H,6-10H2,1-5H3. The van der Waals surface area contributed by atoms with Crippen molar-refractivity contribution in [2.24, 2.45) is 5.92 Å². The van der Waals surface area contributed by atoms with E-state index in [0.29, 0.717) is 31.1 Å². The Morgan fingerprint density at radius 3 is 2.57 bits per heavy atom. The summed E-state index contributed by atoms with van der Waals surface area (Å²) in [5.41, 5.74) is 3.29. The van der Waals surface area contributed by atoms with Crippen molar-refractivity contribution in [2.45, 2.75) is 60.3 Å². The maximum absolute atomic E-state index is 11.8. The van der Waals surface area contributed by atoms with Crippen molar-refractivity contribution in [3.8, 4) is 5.75 Å². The molecule has 0 fully saturated rings. The molecule has 0 aromatic heterocycles. The molecule has 0 saturated heterocycles. The number of carbonyl (C=O) groups is 1. The van der Waals surface area contributed by atoms with Crippen LogP contribution < -0.4 is 4.74 Å². The quantitative estimate of drug-likeness (QED) is 0.652. The monoisotopic (exact) mass is 310 g/mol. The van der Waals surface area contributed by atoms with Gasteiger partial charge in [0.05, 0.1) is 6.61 Å². The molecule has 1 aromatic carbocycles. The van der Waals surface area contributed by atoms with Crippen molar-refractivity contribution in [1.29, 1.82) is 0 Å².